The third-order valence-corrected chi connectivity index (χ3v) is 9.03. The molecule has 1 fully saturated rings. The van der Waals surface area contributed by atoms with E-state index in [4.69, 9.17) is 23.9 Å². The highest BCUT2D eigenvalue weighted by molar-refractivity contribution is 7.22. The van der Waals surface area contributed by atoms with Gasteiger partial charge in [-0.2, -0.15) is 0 Å². The molecule has 240 valence electrons. The Labute approximate surface area is 272 Å². The minimum absolute atomic E-state index is 0.0125. The molecule has 0 aliphatic carbocycles. The first kappa shape index (κ1) is 31.4. The maximum absolute atomic E-state index is 13.9. The van der Waals surface area contributed by atoms with E-state index in [9.17, 15) is 14.7 Å². The molecule has 0 bridgehead atoms. The molecular formula is C36H38N2O7S. The Kier molecular flexibility index (Phi) is 8.90. The Morgan fingerprint density at radius 3 is 2.59 bits per heavy atom. The van der Waals surface area contributed by atoms with E-state index in [1.54, 1.807) is 24.3 Å². The number of thiazole rings is 1. The standard InChI is InChI=1S/C36H38N2O7S/c1-6-42-25-10-11-26-30(19-25)46-36(37-26)38-32(22-8-13-28(29(18-22)43-7-2)44-15-14-20(3)4)31(34(40)35(38)41)33(39)23-9-12-27-24(17-23)16-21(5)45-27/h8-13,17-21,32,39H,6-7,14-16H2,1-5H3/t21-,32-/m1/s1. The maximum atomic E-state index is 13.9. The molecule has 4 aromatic rings. The van der Waals surface area contributed by atoms with Crippen LogP contribution in [0.5, 0.6) is 23.0 Å². The molecule has 9 nitrogen and oxygen atoms in total. The van der Waals surface area contributed by atoms with E-state index in [0.717, 1.165) is 22.4 Å². The molecule has 0 spiro atoms. The lowest BCUT2D eigenvalue weighted by atomic mass is 9.94. The molecule has 0 unspecified atom stereocenters. The summed E-state index contributed by atoms with van der Waals surface area (Å²) < 4.78 is 24.4. The average molecular weight is 643 g/mol. The quantitative estimate of drug-likeness (QED) is 0.102. The number of nitrogens with zero attached hydrogens (tertiary/aromatic N) is 2. The fraction of sp³-hybridized carbons (Fsp3) is 0.361. The Hall–Kier alpha value is -4.57. The Bertz CT molecular complexity index is 1830. The number of hydrogen-bond donors (Lipinski definition) is 1. The second kappa shape index (κ2) is 13.0. The Morgan fingerprint density at radius 1 is 1.02 bits per heavy atom. The van der Waals surface area contributed by atoms with E-state index >= 15 is 0 Å². The summed E-state index contributed by atoms with van der Waals surface area (Å²) in [4.78, 5) is 33.9. The van der Waals surface area contributed by atoms with Crippen LogP contribution in [0.2, 0.25) is 0 Å². The topological polar surface area (TPSA) is 107 Å². The van der Waals surface area contributed by atoms with Crippen molar-refractivity contribution in [2.24, 2.45) is 5.92 Å². The molecule has 46 heavy (non-hydrogen) atoms. The molecule has 0 radical (unpaired) electrons. The van der Waals surface area contributed by atoms with Crippen molar-refractivity contribution in [2.45, 2.75) is 59.6 Å². The summed E-state index contributed by atoms with van der Waals surface area (Å²) in [5, 5.41) is 12.1. The van der Waals surface area contributed by atoms with Crippen molar-refractivity contribution in [2.75, 3.05) is 24.7 Å². The predicted molar refractivity (Wildman–Crippen MR) is 178 cm³/mol. The predicted octanol–water partition coefficient (Wildman–Crippen LogP) is 7.47. The zero-order valence-corrected chi connectivity index (χ0v) is 27.5. The number of aliphatic hydroxyl groups is 1. The number of rotatable bonds is 11. The molecular weight excluding hydrogens is 604 g/mol. The summed E-state index contributed by atoms with van der Waals surface area (Å²) in [5.41, 5.74) is 2.58. The van der Waals surface area contributed by atoms with Gasteiger partial charge in [-0.1, -0.05) is 31.3 Å². The molecule has 3 heterocycles. The van der Waals surface area contributed by atoms with E-state index in [2.05, 4.69) is 13.8 Å². The lowest BCUT2D eigenvalue weighted by Gasteiger charge is -2.24. The van der Waals surface area contributed by atoms with Gasteiger partial charge in [0.2, 0.25) is 0 Å². The summed E-state index contributed by atoms with van der Waals surface area (Å²) in [6, 6.07) is 15.3. The number of hydrogen-bond acceptors (Lipinski definition) is 9. The summed E-state index contributed by atoms with van der Waals surface area (Å²) >= 11 is 1.28. The van der Waals surface area contributed by atoms with Crippen LogP contribution in [0.3, 0.4) is 0 Å². The second-order valence-corrected chi connectivity index (χ2v) is 12.9. The summed E-state index contributed by atoms with van der Waals surface area (Å²) in [7, 11) is 0. The summed E-state index contributed by atoms with van der Waals surface area (Å²) in [6.45, 7) is 11.5. The molecule has 2 aliphatic rings. The number of Topliss-reactive ketones (excluding diaryl/α,β-unsaturated/α-hetero) is 1. The molecule has 1 amide bonds. The zero-order chi connectivity index (χ0) is 32.5. The molecule has 2 atom stereocenters. The highest BCUT2D eigenvalue weighted by atomic mass is 32.1. The molecule has 1 aromatic heterocycles. The average Bonchev–Trinajstić information content (AvgIpc) is 3.69. The first-order chi connectivity index (χ1) is 22.2. The van der Waals surface area contributed by atoms with Crippen molar-refractivity contribution in [3.05, 3.63) is 76.9 Å². The molecule has 0 saturated carbocycles. The molecule has 10 heteroatoms. The van der Waals surface area contributed by atoms with Crippen LogP contribution in [0.4, 0.5) is 5.13 Å². The van der Waals surface area contributed by atoms with Crippen LogP contribution in [0.1, 0.15) is 63.8 Å². The fourth-order valence-corrected chi connectivity index (χ4v) is 6.83. The van der Waals surface area contributed by atoms with Crippen LogP contribution >= 0.6 is 11.3 Å². The van der Waals surface area contributed by atoms with Gasteiger partial charge in [0.05, 0.1) is 41.7 Å². The van der Waals surface area contributed by atoms with E-state index in [1.807, 2.05) is 51.1 Å². The van der Waals surface area contributed by atoms with Gasteiger partial charge in [0.25, 0.3) is 5.78 Å². The van der Waals surface area contributed by atoms with Crippen molar-refractivity contribution in [1.29, 1.82) is 0 Å². The van der Waals surface area contributed by atoms with Gasteiger partial charge in [0.1, 0.15) is 23.4 Å². The minimum atomic E-state index is -0.973. The number of benzene rings is 3. The van der Waals surface area contributed by atoms with Gasteiger partial charge in [-0.3, -0.25) is 14.5 Å². The van der Waals surface area contributed by atoms with Gasteiger partial charge in [0.15, 0.2) is 16.6 Å². The number of anilines is 1. The van der Waals surface area contributed by atoms with Gasteiger partial charge in [-0.05, 0) is 92.8 Å². The van der Waals surface area contributed by atoms with Crippen LogP contribution in [0.15, 0.2) is 60.2 Å². The number of aliphatic hydroxyl groups excluding tert-OH is 1. The van der Waals surface area contributed by atoms with Gasteiger partial charge < -0.3 is 24.1 Å². The Morgan fingerprint density at radius 2 is 1.83 bits per heavy atom. The number of aromatic nitrogens is 1. The van der Waals surface area contributed by atoms with Crippen molar-refractivity contribution in [3.8, 4) is 23.0 Å². The SMILES string of the molecule is CCOc1ccc2nc(N3C(=O)C(=O)C(=C(O)c4ccc5c(c4)C[C@@H](C)O5)[C@H]3c3ccc(OCCC(C)C)c(OCC)c3)sc2c1. The first-order valence-corrected chi connectivity index (χ1v) is 16.5. The van der Waals surface area contributed by atoms with E-state index in [-0.39, 0.29) is 17.4 Å². The largest absolute Gasteiger partial charge is 0.507 e. The van der Waals surface area contributed by atoms with E-state index in [1.165, 1.54) is 16.2 Å². The zero-order valence-electron chi connectivity index (χ0n) is 26.7. The van der Waals surface area contributed by atoms with Gasteiger partial charge in [0, 0.05) is 12.0 Å². The fourth-order valence-electron chi connectivity index (χ4n) is 5.81. The van der Waals surface area contributed by atoms with Crippen molar-refractivity contribution < 1.29 is 33.6 Å². The number of fused-ring (bicyclic) bond motifs is 2. The molecule has 1 saturated heterocycles. The van der Waals surface area contributed by atoms with Crippen LogP contribution in [0.25, 0.3) is 16.0 Å². The molecule has 3 aromatic carbocycles. The Balaban J connectivity index is 1.49. The first-order valence-electron chi connectivity index (χ1n) is 15.7. The normalized spacial score (nSPS) is 18.7. The second-order valence-electron chi connectivity index (χ2n) is 11.9. The van der Waals surface area contributed by atoms with Gasteiger partial charge in [-0.15, -0.1) is 0 Å². The van der Waals surface area contributed by atoms with Crippen molar-refractivity contribution in [3.63, 3.8) is 0 Å². The van der Waals surface area contributed by atoms with E-state index in [0.29, 0.717) is 71.2 Å². The number of ether oxygens (including phenoxy) is 4. The highest BCUT2D eigenvalue weighted by Gasteiger charge is 2.48. The third-order valence-electron chi connectivity index (χ3n) is 8.02. The summed E-state index contributed by atoms with van der Waals surface area (Å²) in [5.74, 6) is 1.14. The van der Waals surface area contributed by atoms with E-state index < -0.39 is 17.7 Å². The monoisotopic (exact) mass is 642 g/mol. The van der Waals surface area contributed by atoms with Crippen LogP contribution < -0.4 is 23.8 Å². The van der Waals surface area contributed by atoms with Crippen LogP contribution in [0, 0.1) is 5.92 Å². The minimum Gasteiger partial charge on any atom is -0.507 e. The van der Waals surface area contributed by atoms with Crippen molar-refractivity contribution >= 4 is 44.1 Å². The molecule has 1 N–H and O–H groups in total. The van der Waals surface area contributed by atoms with Gasteiger partial charge >= 0.3 is 5.91 Å². The third kappa shape index (κ3) is 6.01. The number of carbonyl (C=O) groups is 2. The van der Waals surface area contributed by atoms with Crippen molar-refractivity contribution in [1.82, 2.24) is 4.98 Å². The molecule has 6 rings (SSSR count). The lowest BCUT2D eigenvalue weighted by Crippen LogP contribution is -2.29. The lowest BCUT2D eigenvalue weighted by molar-refractivity contribution is -0.132. The highest BCUT2D eigenvalue weighted by Crippen LogP contribution is 2.46. The maximum Gasteiger partial charge on any atom is 0.301 e. The molecule has 2 aliphatic heterocycles. The number of carbonyl (C=O) groups excluding carboxylic acids is 2. The number of amides is 1. The van der Waals surface area contributed by atoms with Crippen LogP contribution in [-0.4, -0.2) is 47.7 Å². The summed E-state index contributed by atoms with van der Waals surface area (Å²) in [6.07, 6.45) is 1.57. The smallest absolute Gasteiger partial charge is 0.301 e. The van der Waals surface area contributed by atoms with Crippen LogP contribution in [-0.2, 0) is 16.0 Å². The number of ketones is 1. The van der Waals surface area contributed by atoms with Gasteiger partial charge in [-0.25, -0.2) is 4.98 Å².